The van der Waals surface area contributed by atoms with Crippen molar-refractivity contribution in [3.63, 3.8) is 0 Å². The van der Waals surface area contributed by atoms with E-state index in [4.69, 9.17) is 4.74 Å². The molecule has 0 spiro atoms. The summed E-state index contributed by atoms with van der Waals surface area (Å²) in [5.74, 6) is 0.700. The van der Waals surface area contributed by atoms with Crippen LogP contribution in [0.3, 0.4) is 0 Å². The number of nitrogens with one attached hydrogen (secondary N) is 1. The molecular formula is C28H23BrN6O2. The molecule has 1 N–H and O–H groups in total. The van der Waals surface area contributed by atoms with Gasteiger partial charge in [0, 0.05) is 21.8 Å². The van der Waals surface area contributed by atoms with Gasteiger partial charge in [0.25, 0.3) is 0 Å². The number of nitrogens with zero attached hydrogens (tertiary/aromatic N) is 5. The molecule has 184 valence electrons. The summed E-state index contributed by atoms with van der Waals surface area (Å²) in [6.07, 6.45) is 5.27. The van der Waals surface area contributed by atoms with Crippen molar-refractivity contribution in [2.24, 2.45) is 4.99 Å². The van der Waals surface area contributed by atoms with Crippen molar-refractivity contribution in [3.8, 4) is 5.75 Å². The van der Waals surface area contributed by atoms with E-state index in [1.807, 2.05) is 78.9 Å². The molecule has 3 aromatic carbocycles. The fraction of sp³-hybridized carbons (Fsp3) is 0.107. The number of anilines is 1. The van der Waals surface area contributed by atoms with Crippen LogP contribution in [-0.2, 0) is 17.9 Å². The molecule has 5 aromatic rings. The van der Waals surface area contributed by atoms with Crippen molar-refractivity contribution in [2.45, 2.75) is 13.2 Å². The molecule has 0 fully saturated rings. The molecule has 0 unspecified atom stereocenters. The monoisotopic (exact) mass is 554 g/mol. The zero-order chi connectivity index (χ0) is 25.5. The maximum absolute atomic E-state index is 12.3. The average Bonchev–Trinajstić information content (AvgIpc) is 3.38. The van der Waals surface area contributed by atoms with Gasteiger partial charge in [-0.3, -0.25) is 14.8 Å². The van der Waals surface area contributed by atoms with Crippen molar-refractivity contribution in [2.75, 3.05) is 11.9 Å². The largest absolute Gasteiger partial charge is 0.487 e. The number of halogens is 1. The van der Waals surface area contributed by atoms with E-state index >= 15 is 0 Å². The van der Waals surface area contributed by atoms with Crippen LogP contribution in [0.1, 0.15) is 11.3 Å². The lowest BCUT2D eigenvalue weighted by atomic mass is 10.2. The summed E-state index contributed by atoms with van der Waals surface area (Å²) in [6, 6.07) is 25.2. The number of ketones is 1. The molecule has 0 saturated carbocycles. The van der Waals surface area contributed by atoms with Gasteiger partial charge < -0.3 is 10.1 Å². The third-order valence-electron chi connectivity index (χ3n) is 5.46. The normalized spacial score (nSPS) is 11.2. The van der Waals surface area contributed by atoms with Crippen LogP contribution in [0.5, 0.6) is 5.75 Å². The van der Waals surface area contributed by atoms with Crippen LogP contribution in [0, 0.1) is 0 Å². The van der Waals surface area contributed by atoms with Gasteiger partial charge in [0.15, 0.2) is 5.78 Å². The zero-order valence-corrected chi connectivity index (χ0v) is 21.4. The van der Waals surface area contributed by atoms with E-state index in [9.17, 15) is 4.79 Å². The summed E-state index contributed by atoms with van der Waals surface area (Å²) in [7, 11) is 0. The third-order valence-corrected chi connectivity index (χ3v) is 5.99. The Kier molecular flexibility index (Phi) is 7.61. The van der Waals surface area contributed by atoms with Gasteiger partial charge in [-0.2, -0.15) is 0 Å². The lowest BCUT2D eigenvalue weighted by molar-refractivity contribution is -0.118. The quantitative estimate of drug-likeness (QED) is 0.226. The van der Waals surface area contributed by atoms with Crippen molar-refractivity contribution < 1.29 is 9.53 Å². The Bertz CT molecular complexity index is 1530. The van der Waals surface area contributed by atoms with Gasteiger partial charge in [-0.1, -0.05) is 39.3 Å². The molecule has 2 aromatic heterocycles. The maximum atomic E-state index is 12.3. The Morgan fingerprint density at radius 1 is 1.05 bits per heavy atom. The van der Waals surface area contributed by atoms with Gasteiger partial charge in [0.1, 0.15) is 24.6 Å². The van der Waals surface area contributed by atoms with Crippen LogP contribution in [0.25, 0.3) is 10.9 Å². The first-order chi connectivity index (χ1) is 18.1. The molecule has 0 aliphatic rings. The van der Waals surface area contributed by atoms with E-state index in [1.165, 1.54) is 4.68 Å². The van der Waals surface area contributed by atoms with E-state index in [-0.39, 0.29) is 25.5 Å². The van der Waals surface area contributed by atoms with Crippen LogP contribution < -0.4 is 10.1 Å². The highest BCUT2D eigenvalue weighted by molar-refractivity contribution is 9.10. The van der Waals surface area contributed by atoms with E-state index in [2.05, 4.69) is 41.5 Å². The fourth-order valence-corrected chi connectivity index (χ4v) is 3.84. The number of para-hydroxylation sites is 1. The predicted octanol–water partition coefficient (Wildman–Crippen LogP) is 5.60. The van der Waals surface area contributed by atoms with Crippen LogP contribution in [0.4, 0.5) is 11.4 Å². The standard InChI is InChI=1S/C28H23BrN6O2/c29-22-7-9-23(10-8-22)31-16-26(36)18-35-17-25(33-34-35)19-37-27-11-5-20(6-12-27)14-30-24-13-21-3-1-2-4-28(21)32-15-24/h1-15,17,31H,16,18-19H2. The van der Waals surface area contributed by atoms with Crippen LogP contribution in [0.15, 0.2) is 101 Å². The summed E-state index contributed by atoms with van der Waals surface area (Å²) in [5.41, 5.74) is 4.21. The number of carbonyl (C=O) groups excluding carboxylic acids is 1. The van der Waals surface area contributed by atoms with Crippen molar-refractivity contribution in [1.29, 1.82) is 0 Å². The summed E-state index contributed by atoms with van der Waals surface area (Å²) in [5, 5.41) is 12.3. The number of ether oxygens (including phenoxy) is 1. The van der Waals surface area contributed by atoms with Gasteiger partial charge >= 0.3 is 0 Å². The van der Waals surface area contributed by atoms with E-state index < -0.39 is 0 Å². The molecule has 37 heavy (non-hydrogen) atoms. The summed E-state index contributed by atoms with van der Waals surface area (Å²) < 4.78 is 8.33. The molecule has 0 saturated heterocycles. The second-order valence-electron chi connectivity index (χ2n) is 8.31. The highest BCUT2D eigenvalue weighted by Crippen LogP contribution is 2.19. The predicted molar refractivity (Wildman–Crippen MR) is 147 cm³/mol. The molecule has 0 amide bonds. The van der Waals surface area contributed by atoms with Gasteiger partial charge in [-0.05, 0) is 66.2 Å². The van der Waals surface area contributed by atoms with Crippen molar-refractivity contribution in [3.05, 3.63) is 107 Å². The van der Waals surface area contributed by atoms with Gasteiger partial charge in [0.05, 0.1) is 30.1 Å². The van der Waals surface area contributed by atoms with E-state index in [0.29, 0.717) is 11.4 Å². The number of rotatable bonds is 10. The Morgan fingerprint density at radius 2 is 1.86 bits per heavy atom. The SMILES string of the molecule is O=C(CNc1ccc(Br)cc1)Cn1cc(COc2ccc(C=Nc3cnc4ccccc4c3)cc2)nn1. The average molecular weight is 555 g/mol. The Hall–Kier alpha value is -4.37. The number of fused-ring (bicyclic) bond motifs is 1. The smallest absolute Gasteiger partial charge is 0.173 e. The molecule has 8 nitrogen and oxygen atoms in total. The molecule has 9 heteroatoms. The topological polar surface area (TPSA) is 94.3 Å². The Labute approximate surface area is 222 Å². The molecule has 5 rings (SSSR count). The minimum absolute atomic E-state index is 0.00277. The lowest BCUT2D eigenvalue weighted by Gasteiger charge is -2.05. The summed E-state index contributed by atoms with van der Waals surface area (Å²) in [6.45, 7) is 0.596. The van der Waals surface area contributed by atoms with Gasteiger partial charge in [-0.25, -0.2) is 4.68 Å². The summed E-state index contributed by atoms with van der Waals surface area (Å²) in [4.78, 5) is 21.2. The lowest BCUT2D eigenvalue weighted by Crippen LogP contribution is -2.19. The highest BCUT2D eigenvalue weighted by Gasteiger charge is 2.07. The van der Waals surface area contributed by atoms with Gasteiger partial charge in [-0.15, -0.1) is 5.10 Å². The van der Waals surface area contributed by atoms with Crippen LogP contribution in [-0.4, -0.2) is 38.5 Å². The second-order valence-corrected chi connectivity index (χ2v) is 9.22. The van der Waals surface area contributed by atoms with Crippen LogP contribution in [0.2, 0.25) is 0 Å². The van der Waals surface area contributed by atoms with E-state index in [1.54, 1.807) is 18.6 Å². The van der Waals surface area contributed by atoms with Gasteiger partial charge in [0.2, 0.25) is 0 Å². The minimum Gasteiger partial charge on any atom is -0.487 e. The van der Waals surface area contributed by atoms with Crippen molar-refractivity contribution in [1.82, 2.24) is 20.0 Å². The molecule has 0 bridgehead atoms. The number of hydrogen-bond donors (Lipinski definition) is 1. The number of aliphatic imine (C=N–C) groups is 1. The first-order valence-electron chi connectivity index (χ1n) is 11.6. The zero-order valence-electron chi connectivity index (χ0n) is 19.8. The number of aromatic nitrogens is 4. The molecule has 0 aliphatic carbocycles. The van der Waals surface area contributed by atoms with Crippen molar-refractivity contribution >= 4 is 50.2 Å². The van der Waals surface area contributed by atoms with Crippen LogP contribution >= 0.6 is 15.9 Å². The molecule has 2 heterocycles. The highest BCUT2D eigenvalue weighted by atomic mass is 79.9. The molecular weight excluding hydrogens is 532 g/mol. The van der Waals surface area contributed by atoms with E-state index in [0.717, 1.165) is 32.3 Å². The molecule has 0 aliphatic heterocycles. The minimum atomic E-state index is -0.00277. The first-order valence-corrected chi connectivity index (χ1v) is 12.4. The Balaban J connectivity index is 1.09. The summed E-state index contributed by atoms with van der Waals surface area (Å²) >= 11 is 3.39. The molecule has 0 radical (unpaired) electrons. The molecule has 0 atom stereocenters. The fourth-order valence-electron chi connectivity index (χ4n) is 3.57. The third kappa shape index (κ3) is 6.86. The Morgan fingerprint density at radius 3 is 2.70 bits per heavy atom. The number of carbonyl (C=O) groups is 1. The number of benzene rings is 3. The number of pyridine rings is 1. The number of Topliss-reactive ketones (excluding diaryl/α,β-unsaturated/α-hetero) is 1. The maximum Gasteiger partial charge on any atom is 0.173 e. The second kappa shape index (κ2) is 11.6. The first kappa shape index (κ1) is 24.3. The number of hydrogen-bond acceptors (Lipinski definition) is 7.